The van der Waals surface area contributed by atoms with Crippen LogP contribution in [0, 0.1) is 6.92 Å². The highest BCUT2D eigenvalue weighted by molar-refractivity contribution is 6.31. The van der Waals surface area contributed by atoms with Crippen LogP contribution in [-0.2, 0) is 17.8 Å². The third kappa shape index (κ3) is 3.77. The number of hydrogen-bond acceptors (Lipinski definition) is 2. The lowest BCUT2D eigenvalue weighted by Gasteiger charge is -2.07. The van der Waals surface area contributed by atoms with Gasteiger partial charge in [0, 0.05) is 23.4 Å². The fraction of sp³-hybridized carbons (Fsp3) is 0.263. The van der Waals surface area contributed by atoms with Crippen LogP contribution in [0.15, 0.2) is 48.7 Å². The molecule has 0 saturated heterocycles. The molecule has 24 heavy (non-hydrogen) atoms. The fourth-order valence-corrected chi connectivity index (χ4v) is 2.99. The van der Waals surface area contributed by atoms with Crippen LogP contribution in [0.4, 0.5) is 0 Å². The van der Waals surface area contributed by atoms with Gasteiger partial charge in [-0.05, 0) is 36.6 Å². The van der Waals surface area contributed by atoms with E-state index in [4.69, 9.17) is 11.6 Å². The molecule has 0 aliphatic carbocycles. The molecule has 1 amide bonds. The monoisotopic (exact) mass is 341 g/mol. The Morgan fingerprint density at radius 2 is 2.04 bits per heavy atom. The van der Waals surface area contributed by atoms with Crippen molar-refractivity contribution in [2.75, 3.05) is 6.54 Å². The summed E-state index contributed by atoms with van der Waals surface area (Å²) in [6.07, 6.45) is 3.00. The van der Waals surface area contributed by atoms with Crippen LogP contribution < -0.4 is 5.32 Å². The van der Waals surface area contributed by atoms with Crippen LogP contribution in [0.25, 0.3) is 10.9 Å². The summed E-state index contributed by atoms with van der Waals surface area (Å²) >= 11 is 6.11. The van der Waals surface area contributed by atoms with E-state index < -0.39 is 0 Å². The molecule has 0 spiro atoms. The Balaban J connectivity index is 1.50. The Hall–Kier alpha value is -2.33. The van der Waals surface area contributed by atoms with Gasteiger partial charge in [0.2, 0.25) is 5.91 Å². The molecular formula is C19H20ClN3O. The largest absolute Gasteiger partial charge is 0.356 e. The first-order chi connectivity index (χ1) is 11.6. The Morgan fingerprint density at radius 1 is 1.21 bits per heavy atom. The highest BCUT2D eigenvalue weighted by Crippen LogP contribution is 2.18. The molecule has 0 aliphatic heterocycles. The van der Waals surface area contributed by atoms with Crippen LogP contribution in [0.3, 0.4) is 0 Å². The summed E-state index contributed by atoms with van der Waals surface area (Å²) in [5.74, 6) is 0.0263. The molecule has 124 valence electrons. The van der Waals surface area contributed by atoms with Gasteiger partial charge in [-0.2, -0.15) is 5.10 Å². The molecule has 0 bridgehead atoms. The lowest BCUT2D eigenvalue weighted by Crippen LogP contribution is -2.26. The summed E-state index contributed by atoms with van der Waals surface area (Å²) < 4.78 is 1.88. The second-order valence-electron chi connectivity index (χ2n) is 5.82. The van der Waals surface area contributed by atoms with Gasteiger partial charge in [0.05, 0.1) is 18.3 Å². The number of carbonyl (C=O) groups is 1. The number of nitrogens with zero attached hydrogens (tertiary/aromatic N) is 2. The maximum atomic E-state index is 12.0. The number of aromatic nitrogens is 2. The summed E-state index contributed by atoms with van der Waals surface area (Å²) in [7, 11) is 0. The summed E-state index contributed by atoms with van der Waals surface area (Å²) in [5.41, 5.74) is 3.31. The third-order valence-electron chi connectivity index (χ3n) is 4.13. The molecule has 0 fully saturated rings. The van der Waals surface area contributed by atoms with Gasteiger partial charge in [0.15, 0.2) is 0 Å². The van der Waals surface area contributed by atoms with Crippen LogP contribution >= 0.6 is 11.6 Å². The topological polar surface area (TPSA) is 46.9 Å². The molecule has 0 unspecified atom stereocenters. The van der Waals surface area contributed by atoms with Gasteiger partial charge in [-0.15, -0.1) is 0 Å². The van der Waals surface area contributed by atoms with E-state index in [0.29, 0.717) is 19.5 Å². The Bertz CT molecular complexity index is 857. The third-order valence-corrected chi connectivity index (χ3v) is 4.50. The molecule has 0 radical (unpaired) electrons. The zero-order valence-corrected chi connectivity index (χ0v) is 14.4. The minimum atomic E-state index is 0.0263. The first-order valence-corrected chi connectivity index (χ1v) is 8.44. The van der Waals surface area contributed by atoms with Gasteiger partial charge in [-0.25, -0.2) is 0 Å². The molecule has 5 heteroatoms. The van der Waals surface area contributed by atoms with Crippen LogP contribution in [0.1, 0.15) is 17.5 Å². The van der Waals surface area contributed by atoms with Crippen molar-refractivity contribution in [1.29, 1.82) is 0 Å². The number of aryl methyl sites for hydroxylation is 2. The molecule has 0 aliphatic rings. The number of halogens is 1. The average Bonchev–Trinajstić information content (AvgIpc) is 2.99. The number of hydrogen-bond donors (Lipinski definition) is 1. The molecule has 1 aromatic heterocycles. The van der Waals surface area contributed by atoms with Crippen molar-refractivity contribution in [1.82, 2.24) is 15.1 Å². The first-order valence-electron chi connectivity index (χ1n) is 8.06. The molecular weight excluding hydrogens is 322 g/mol. The highest BCUT2D eigenvalue weighted by atomic mass is 35.5. The minimum Gasteiger partial charge on any atom is -0.356 e. The first kappa shape index (κ1) is 16.5. The normalized spacial score (nSPS) is 10.9. The highest BCUT2D eigenvalue weighted by Gasteiger charge is 2.07. The lowest BCUT2D eigenvalue weighted by atomic mass is 10.1. The predicted molar refractivity (Wildman–Crippen MR) is 97.3 cm³/mol. The van der Waals surface area contributed by atoms with Gasteiger partial charge in [-0.1, -0.05) is 41.9 Å². The smallest absolute Gasteiger partial charge is 0.221 e. The quantitative estimate of drug-likeness (QED) is 0.742. The van der Waals surface area contributed by atoms with E-state index in [-0.39, 0.29) is 5.91 Å². The lowest BCUT2D eigenvalue weighted by molar-refractivity contribution is -0.121. The number of nitrogens with one attached hydrogen (secondary N) is 1. The molecule has 1 heterocycles. The number of carbonyl (C=O) groups excluding carboxylic acids is 1. The summed E-state index contributed by atoms with van der Waals surface area (Å²) in [5, 5.41) is 9.20. The van der Waals surface area contributed by atoms with Gasteiger partial charge < -0.3 is 5.32 Å². The molecule has 4 nitrogen and oxygen atoms in total. The van der Waals surface area contributed by atoms with E-state index in [9.17, 15) is 4.79 Å². The predicted octanol–water partition coefficient (Wildman–Crippen LogP) is 3.75. The van der Waals surface area contributed by atoms with Crippen molar-refractivity contribution >= 4 is 28.4 Å². The van der Waals surface area contributed by atoms with Gasteiger partial charge in [0.25, 0.3) is 0 Å². The van der Waals surface area contributed by atoms with E-state index in [0.717, 1.165) is 27.9 Å². The zero-order valence-electron chi connectivity index (χ0n) is 13.6. The molecule has 0 saturated carbocycles. The molecule has 1 N–H and O–H groups in total. The maximum absolute atomic E-state index is 12.0. The van der Waals surface area contributed by atoms with Crippen molar-refractivity contribution in [2.45, 2.75) is 26.3 Å². The number of rotatable bonds is 6. The standard InChI is InChI=1S/C19H20ClN3O/c1-14-5-4-8-18-16(14)13-22-23(18)12-10-19(24)21-11-9-15-6-2-3-7-17(15)20/h2-8,13H,9-12H2,1H3,(H,21,24). The molecule has 3 rings (SSSR count). The summed E-state index contributed by atoms with van der Waals surface area (Å²) in [4.78, 5) is 12.0. The fourth-order valence-electron chi connectivity index (χ4n) is 2.76. The van der Waals surface area contributed by atoms with Crippen LogP contribution in [0.2, 0.25) is 5.02 Å². The van der Waals surface area contributed by atoms with E-state index in [1.807, 2.05) is 47.3 Å². The van der Waals surface area contributed by atoms with Gasteiger partial charge >= 0.3 is 0 Å². The van der Waals surface area contributed by atoms with Gasteiger partial charge in [0.1, 0.15) is 0 Å². The van der Waals surface area contributed by atoms with Gasteiger partial charge in [-0.3, -0.25) is 9.48 Å². The number of amides is 1. The van der Waals surface area contributed by atoms with Crippen LogP contribution in [-0.4, -0.2) is 22.2 Å². The Morgan fingerprint density at radius 3 is 2.88 bits per heavy atom. The minimum absolute atomic E-state index is 0.0263. The molecule has 2 aromatic carbocycles. The Kier molecular flexibility index (Phi) is 5.16. The zero-order chi connectivity index (χ0) is 16.9. The van der Waals surface area contributed by atoms with Crippen molar-refractivity contribution in [2.24, 2.45) is 0 Å². The number of benzene rings is 2. The average molecular weight is 342 g/mol. The van der Waals surface area contributed by atoms with Crippen LogP contribution in [0.5, 0.6) is 0 Å². The Labute approximate surface area is 146 Å². The molecule has 3 aromatic rings. The van der Waals surface area contributed by atoms with Crippen molar-refractivity contribution in [3.8, 4) is 0 Å². The van der Waals surface area contributed by atoms with E-state index in [1.54, 1.807) is 0 Å². The SMILES string of the molecule is Cc1cccc2c1cnn2CCC(=O)NCCc1ccccc1Cl. The maximum Gasteiger partial charge on any atom is 0.221 e. The van der Waals surface area contributed by atoms with Crippen molar-refractivity contribution < 1.29 is 4.79 Å². The van der Waals surface area contributed by atoms with Crippen molar-refractivity contribution in [3.63, 3.8) is 0 Å². The van der Waals surface area contributed by atoms with E-state index in [1.165, 1.54) is 5.56 Å². The van der Waals surface area contributed by atoms with E-state index in [2.05, 4.69) is 23.4 Å². The number of fused-ring (bicyclic) bond motifs is 1. The van der Waals surface area contributed by atoms with Crippen molar-refractivity contribution in [3.05, 3.63) is 64.8 Å². The summed E-state index contributed by atoms with van der Waals surface area (Å²) in [6, 6.07) is 13.8. The van der Waals surface area contributed by atoms with E-state index >= 15 is 0 Å². The second kappa shape index (κ2) is 7.49. The second-order valence-corrected chi connectivity index (χ2v) is 6.22. The summed E-state index contributed by atoms with van der Waals surface area (Å²) in [6.45, 7) is 3.22. The molecule has 0 atom stereocenters.